The molecule has 3 aromatic rings. The van der Waals surface area contributed by atoms with E-state index < -0.39 is 7.92 Å². The molecule has 0 spiro atoms. The summed E-state index contributed by atoms with van der Waals surface area (Å²) < 4.78 is 0. The summed E-state index contributed by atoms with van der Waals surface area (Å²) in [6.07, 6.45) is 3.79. The van der Waals surface area contributed by atoms with Crippen molar-refractivity contribution >= 4 is 23.8 Å². The number of benzene rings is 3. The molecule has 0 atom stereocenters. The Hall–Kier alpha value is -1.91. The predicted molar refractivity (Wildman–Crippen MR) is 97.2 cm³/mol. The van der Waals surface area contributed by atoms with Gasteiger partial charge < -0.3 is 0 Å². The lowest BCUT2D eigenvalue weighted by Gasteiger charge is -2.22. The van der Waals surface area contributed by atoms with Gasteiger partial charge in [-0.15, -0.1) is 0 Å². The lowest BCUT2D eigenvalue weighted by molar-refractivity contribution is 0.913. The molecule has 0 radical (unpaired) electrons. The summed E-state index contributed by atoms with van der Waals surface area (Å²) in [5.74, 6) is 0. The van der Waals surface area contributed by atoms with Crippen LogP contribution in [0.3, 0.4) is 0 Å². The molecule has 1 aliphatic carbocycles. The van der Waals surface area contributed by atoms with E-state index in [0.717, 1.165) is 0 Å². The van der Waals surface area contributed by atoms with Crippen LogP contribution in [0.4, 0.5) is 0 Å². The van der Waals surface area contributed by atoms with Gasteiger partial charge in [0.2, 0.25) is 0 Å². The maximum Gasteiger partial charge on any atom is -0.0116 e. The summed E-state index contributed by atoms with van der Waals surface area (Å²) in [7, 11) is -0.449. The molecule has 0 bridgehead atoms. The smallest absolute Gasteiger partial charge is 0.0116 e. The molecule has 108 valence electrons. The highest BCUT2D eigenvalue weighted by molar-refractivity contribution is 7.79. The minimum absolute atomic E-state index is 0.449. The van der Waals surface area contributed by atoms with E-state index in [4.69, 9.17) is 0 Å². The van der Waals surface area contributed by atoms with Crippen molar-refractivity contribution in [3.05, 3.63) is 90.0 Å². The third-order valence-corrected chi connectivity index (χ3v) is 6.92. The number of fused-ring (bicyclic) bond motifs is 1. The van der Waals surface area contributed by atoms with E-state index in [1.54, 1.807) is 16.4 Å². The number of hydrogen-bond acceptors (Lipinski definition) is 0. The fourth-order valence-corrected chi connectivity index (χ4v) is 5.95. The zero-order valence-electron chi connectivity index (χ0n) is 12.6. The van der Waals surface area contributed by atoms with E-state index in [-0.39, 0.29) is 0 Å². The molecular weight excluding hydrogens is 283 g/mol. The van der Waals surface area contributed by atoms with Gasteiger partial charge in [0.1, 0.15) is 0 Å². The third-order valence-electron chi connectivity index (χ3n) is 4.39. The van der Waals surface area contributed by atoms with Gasteiger partial charge in [0.25, 0.3) is 0 Å². The first-order valence-corrected chi connectivity index (χ1v) is 9.28. The SMILES string of the molecule is c1ccc(P(c2ccccc2)c2cccc3c2CCC3)cc1. The second kappa shape index (κ2) is 6.07. The highest BCUT2D eigenvalue weighted by Crippen LogP contribution is 2.36. The van der Waals surface area contributed by atoms with E-state index in [9.17, 15) is 0 Å². The molecule has 1 aliphatic rings. The molecule has 0 amide bonds. The summed E-state index contributed by atoms with van der Waals surface area (Å²) in [4.78, 5) is 0. The van der Waals surface area contributed by atoms with Gasteiger partial charge in [-0.25, -0.2) is 0 Å². The Labute approximate surface area is 133 Å². The van der Waals surface area contributed by atoms with E-state index in [0.29, 0.717) is 0 Å². The van der Waals surface area contributed by atoms with Crippen molar-refractivity contribution < 1.29 is 0 Å². The molecule has 0 heterocycles. The monoisotopic (exact) mass is 302 g/mol. The molecule has 0 nitrogen and oxygen atoms in total. The standard InChI is InChI=1S/C21H19P/c1-3-11-18(12-4-1)22(19-13-5-2-6-14-19)21-16-8-10-17-9-7-15-20(17)21/h1-6,8,10-14,16H,7,9,15H2. The van der Waals surface area contributed by atoms with Gasteiger partial charge in [-0.1, -0.05) is 78.9 Å². The lowest BCUT2D eigenvalue weighted by Crippen LogP contribution is -2.23. The molecular formula is C21H19P. The maximum atomic E-state index is 2.36. The van der Waals surface area contributed by atoms with E-state index in [2.05, 4.69) is 78.9 Å². The largest absolute Gasteiger partial charge is 0.0622 e. The molecule has 3 aromatic carbocycles. The van der Waals surface area contributed by atoms with Crippen molar-refractivity contribution in [1.82, 2.24) is 0 Å². The van der Waals surface area contributed by atoms with Crippen molar-refractivity contribution in [2.75, 3.05) is 0 Å². The molecule has 1 heteroatoms. The number of aryl methyl sites for hydroxylation is 1. The predicted octanol–water partition coefficient (Wildman–Crippen LogP) is 3.93. The van der Waals surface area contributed by atoms with Crippen LogP contribution in [-0.4, -0.2) is 0 Å². The second-order valence-electron chi connectivity index (χ2n) is 5.77. The fraction of sp³-hybridized carbons (Fsp3) is 0.143. The molecule has 0 saturated carbocycles. The summed E-state index contributed by atoms with van der Waals surface area (Å²) in [5, 5.41) is 4.45. The zero-order valence-corrected chi connectivity index (χ0v) is 13.5. The normalized spacial score (nSPS) is 13.3. The van der Waals surface area contributed by atoms with Crippen LogP contribution in [0.2, 0.25) is 0 Å². The van der Waals surface area contributed by atoms with Crippen LogP contribution in [0.25, 0.3) is 0 Å². The Balaban J connectivity index is 1.91. The van der Waals surface area contributed by atoms with Crippen LogP contribution >= 0.6 is 7.92 Å². The van der Waals surface area contributed by atoms with Crippen molar-refractivity contribution in [3.8, 4) is 0 Å². The van der Waals surface area contributed by atoms with Crippen molar-refractivity contribution in [2.24, 2.45) is 0 Å². The summed E-state index contributed by atoms with van der Waals surface area (Å²) in [6.45, 7) is 0. The average molecular weight is 302 g/mol. The van der Waals surface area contributed by atoms with Gasteiger partial charge >= 0.3 is 0 Å². The zero-order chi connectivity index (χ0) is 14.8. The summed E-state index contributed by atoms with van der Waals surface area (Å²) >= 11 is 0. The number of rotatable bonds is 3. The van der Waals surface area contributed by atoms with E-state index >= 15 is 0 Å². The topological polar surface area (TPSA) is 0 Å². The first kappa shape index (κ1) is 13.7. The van der Waals surface area contributed by atoms with Gasteiger partial charge in [-0.05, 0) is 54.2 Å². The highest BCUT2D eigenvalue weighted by atomic mass is 31.1. The van der Waals surface area contributed by atoms with Crippen molar-refractivity contribution in [1.29, 1.82) is 0 Å². The minimum atomic E-state index is -0.449. The highest BCUT2D eigenvalue weighted by Gasteiger charge is 2.22. The first-order chi connectivity index (χ1) is 10.9. The maximum absolute atomic E-state index is 2.36. The first-order valence-electron chi connectivity index (χ1n) is 7.94. The van der Waals surface area contributed by atoms with Crippen LogP contribution in [-0.2, 0) is 12.8 Å². The quantitative estimate of drug-likeness (QED) is 0.643. The Morgan fingerprint density at radius 2 is 1.23 bits per heavy atom. The second-order valence-corrected chi connectivity index (χ2v) is 7.96. The van der Waals surface area contributed by atoms with Crippen LogP contribution < -0.4 is 15.9 Å². The van der Waals surface area contributed by atoms with Gasteiger partial charge in [-0.2, -0.15) is 0 Å². The van der Waals surface area contributed by atoms with Crippen LogP contribution in [0.1, 0.15) is 17.5 Å². The van der Waals surface area contributed by atoms with Gasteiger partial charge in [0.05, 0.1) is 0 Å². The van der Waals surface area contributed by atoms with E-state index in [1.165, 1.54) is 29.9 Å². The molecule has 22 heavy (non-hydrogen) atoms. The van der Waals surface area contributed by atoms with Crippen molar-refractivity contribution in [3.63, 3.8) is 0 Å². The Morgan fingerprint density at radius 3 is 1.86 bits per heavy atom. The Bertz CT molecular complexity index is 723. The van der Waals surface area contributed by atoms with Gasteiger partial charge in [0.15, 0.2) is 0 Å². The van der Waals surface area contributed by atoms with Gasteiger partial charge in [-0.3, -0.25) is 0 Å². The lowest BCUT2D eigenvalue weighted by atomic mass is 10.1. The summed E-state index contributed by atoms with van der Waals surface area (Å²) in [6, 6.07) is 28.9. The average Bonchev–Trinajstić information content (AvgIpc) is 3.07. The Kier molecular flexibility index (Phi) is 3.79. The molecule has 0 fully saturated rings. The molecule has 0 saturated heterocycles. The van der Waals surface area contributed by atoms with Crippen molar-refractivity contribution in [2.45, 2.75) is 19.3 Å². The molecule has 0 N–H and O–H groups in total. The third kappa shape index (κ3) is 2.49. The molecule has 4 rings (SSSR count). The molecule has 0 aliphatic heterocycles. The van der Waals surface area contributed by atoms with Crippen LogP contribution in [0, 0.1) is 0 Å². The van der Waals surface area contributed by atoms with Crippen LogP contribution in [0.5, 0.6) is 0 Å². The summed E-state index contributed by atoms with van der Waals surface area (Å²) in [5.41, 5.74) is 3.18. The molecule has 0 unspecified atom stereocenters. The van der Waals surface area contributed by atoms with Crippen LogP contribution in [0.15, 0.2) is 78.9 Å². The molecule has 0 aromatic heterocycles. The Morgan fingerprint density at radius 1 is 0.591 bits per heavy atom. The number of hydrogen-bond donors (Lipinski definition) is 0. The van der Waals surface area contributed by atoms with Gasteiger partial charge in [0, 0.05) is 0 Å². The van der Waals surface area contributed by atoms with E-state index in [1.807, 2.05) is 0 Å². The minimum Gasteiger partial charge on any atom is -0.0622 e. The fourth-order valence-electron chi connectivity index (χ4n) is 3.39.